The zero-order chi connectivity index (χ0) is 13.9. The van der Waals surface area contributed by atoms with Crippen molar-refractivity contribution in [3.8, 4) is 5.75 Å². The van der Waals surface area contributed by atoms with Gasteiger partial charge in [-0.05, 0) is 29.7 Å². The van der Waals surface area contributed by atoms with E-state index in [0.29, 0.717) is 19.6 Å². The number of phenols is 1. The van der Waals surface area contributed by atoms with Crippen LogP contribution >= 0.6 is 0 Å². The van der Waals surface area contributed by atoms with Crippen LogP contribution in [0.1, 0.15) is 17.5 Å². The van der Waals surface area contributed by atoms with Gasteiger partial charge in [0, 0.05) is 32.1 Å². The molecule has 2 heterocycles. The molecule has 2 aliphatic heterocycles. The minimum atomic E-state index is 0.127. The second kappa shape index (κ2) is 5.81. The number of fused-ring (bicyclic) bond motifs is 1. The van der Waals surface area contributed by atoms with Gasteiger partial charge in [-0.25, -0.2) is 0 Å². The van der Waals surface area contributed by atoms with E-state index in [2.05, 4.69) is 5.32 Å². The zero-order valence-electron chi connectivity index (χ0n) is 11.5. The topological polar surface area (TPSA) is 61.8 Å². The first kappa shape index (κ1) is 13.4. The van der Waals surface area contributed by atoms with Gasteiger partial charge in [-0.1, -0.05) is 6.07 Å². The molecule has 3 rings (SSSR count). The molecular weight excluding hydrogens is 256 g/mol. The van der Waals surface area contributed by atoms with E-state index in [1.807, 2.05) is 11.0 Å². The van der Waals surface area contributed by atoms with Crippen LogP contribution in [0.3, 0.4) is 0 Å². The molecule has 20 heavy (non-hydrogen) atoms. The Kier molecular flexibility index (Phi) is 3.89. The zero-order valence-corrected chi connectivity index (χ0v) is 11.5. The minimum Gasteiger partial charge on any atom is -0.508 e. The number of hydrogen-bond acceptors (Lipinski definition) is 4. The summed E-state index contributed by atoms with van der Waals surface area (Å²) >= 11 is 0. The molecule has 0 aromatic heterocycles. The third-order valence-corrected chi connectivity index (χ3v) is 3.97. The van der Waals surface area contributed by atoms with Crippen molar-refractivity contribution >= 4 is 5.91 Å². The number of nitrogens with zero attached hydrogens (tertiary/aromatic N) is 1. The molecule has 2 aliphatic rings. The number of nitrogens with one attached hydrogen (secondary N) is 1. The van der Waals surface area contributed by atoms with E-state index in [9.17, 15) is 9.90 Å². The lowest BCUT2D eigenvalue weighted by Gasteiger charge is -2.31. The molecule has 1 atom stereocenters. The summed E-state index contributed by atoms with van der Waals surface area (Å²) in [6.07, 6.45) is 1.34. The van der Waals surface area contributed by atoms with Crippen LogP contribution < -0.4 is 5.32 Å². The second-order valence-electron chi connectivity index (χ2n) is 5.45. The molecule has 0 radical (unpaired) electrons. The molecule has 5 heteroatoms. The standard InChI is InChI=1S/C15H20N2O3/c18-14-2-1-11-3-5-17(9-12(11)7-14)15(19)8-13-10-20-6-4-16-13/h1-2,7,13,16,18H,3-6,8-10H2. The highest BCUT2D eigenvalue weighted by Gasteiger charge is 2.24. The number of aromatic hydroxyl groups is 1. The molecule has 1 unspecified atom stereocenters. The summed E-state index contributed by atoms with van der Waals surface area (Å²) in [4.78, 5) is 14.2. The summed E-state index contributed by atoms with van der Waals surface area (Å²) in [7, 11) is 0. The van der Waals surface area contributed by atoms with Gasteiger partial charge in [-0.3, -0.25) is 4.79 Å². The average Bonchev–Trinajstić information content (AvgIpc) is 2.47. The van der Waals surface area contributed by atoms with Crippen LogP contribution in [-0.2, 0) is 22.5 Å². The van der Waals surface area contributed by atoms with E-state index in [4.69, 9.17) is 4.74 Å². The monoisotopic (exact) mass is 276 g/mol. The molecule has 1 saturated heterocycles. The maximum atomic E-state index is 12.3. The van der Waals surface area contributed by atoms with Crippen molar-refractivity contribution in [1.82, 2.24) is 10.2 Å². The number of ether oxygens (including phenoxy) is 1. The van der Waals surface area contributed by atoms with Gasteiger partial charge in [-0.15, -0.1) is 0 Å². The number of benzene rings is 1. The quantitative estimate of drug-likeness (QED) is 0.833. The largest absolute Gasteiger partial charge is 0.508 e. The minimum absolute atomic E-state index is 0.127. The molecule has 0 aliphatic carbocycles. The van der Waals surface area contributed by atoms with Crippen molar-refractivity contribution in [2.24, 2.45) is 0 Å². The molecule has 1 aromatic carbocycles. The van der Waals surface area contributed by atoms with E-state index in [1.165, 1.54) is 5.56 Å². The third-order valence-electron chi connectivity index (χ3n) is 3.97. The number of morpholine rings is 1. The molecule has 1 fully saturated rings. The Bertz CT molecular complexity index is 498. The summed E-state index contributed by atoms with van der Waals surface area (Å²) in [5.41, 5.74) is 2.28. The van der Waals surface area contributed by atoms with Gasteiger partial charge < -0.3 is 20.1 Å². The van der Waals surface area contributed by atoms with Gasteiger partial charge in [0.2, 0.25) is 5.91 Å². The molecule has 108 valence electrons. The highest BCUT2D eigenvalue weighted by molar-refractivity contribution is 5.77. The SMILES string of the molecule is O=C(CC1COCCN1)N1CCc2ccc(O)cc2C1. The number of carbonyl (C=O) groups is 1. The molecule has 5 nitrogen and oxygen atoms in total. The van der Waals surface area contributed by atoms with Gasteiger partial charge in [0.05, 0.1) is 13.2 Å². The Morgan fingerprint density at radius 1 is 1.45 bits per heavy atom. The van der Waals surface area contributed by atoms with Crippen LogP contribution in [-0.4, -0.2) is 48.3 Å². The lowest BCUT2D eigenvalue weighted by atomic mass is 9.99. The summed E-state index contributed by atoms with van der Waals surface area (Å²) in [5, 5.41) is 12.8. The van der Waals surface area contributed by atoms with Crippen molar-refractivity contribution < 1.29 is 14.6 Å². The Hall–Kier alpha value is -1.59. The molecule has 0 saturated carbocycles. The summed E-state index contributed by atoms with van der Waals surface area (Å²) < 4.78 is 5.38. The van der Waals surface area contributed by atoms with Gasteiger partial charge >= 0.3 is 0 Å². The van der Waals surface area contributed by atoms with E-state index >= 15 is 0 Å². The Labute approximate surface area is 118 Å². The highest BCUT2D eigenvalue weighted by Crippen LogP contribution is 2.23. The number of amides is 1. The van der Waals surface area contributed by atoms with Gasteiger partial charge in [0.15, 0.2) is 0 Å². The van der Waals surface area contributed by atoms with Crippen LogP contribution in [0.5, 0.6) is 5.75 Å². The smallest absolute Gasteiger partial charge is 0.224 e. The lowest BCUT2D eigenvalue weighted by molar-refractivity contribution is -0.133. The van der Waals surface area contributed by atoms with Crippen molar-refractivity contribution in [3.63, 3.8) is 0 Å². The van der Waals surface area contributed by atoms with E-state index < -0.39 is 0 Å². The number of phenolic OH excluding ortho intramolecular Hbond substituents is 1. The lowest BCUT2D eigenvalue weighted by Crippen LogP contribution is -2.46. The Morgan fingerprint density at radius 3 is 3.15 bits per heavy atom. The predicted octanol–water partition coefficient (Wildman–Crippen LogP) is 0.655. The van der Waals surface area contributed by atoms with Gasteiger partial charge in [0.25, 0.3) is 0 Å². The van der Waals surface area contributed by atoms with Crippen LogP contribution in [0.4, 0.5) is 0 Å². The summed E-state index contributed by atoms with van der Waals surface area (Å²) in [6.45, 7) is 3.49. The van der Waals surface area contributed by atoms with Crippen molar-refractivity contribution in [3.05, 3.63) is 29.3 Å². The number of rotatable bonds is 2. The van der Waals surface area contributed by atoms with Gasteiger partial charge in [-0.2, -0.15) is 0 Å². The summed E-state index contributed by atoms with van der Waals surface area (Å²) in [5.74, 6) is 0.419. The molecule has 1 aromatic rings. The fourth-order valence-electron chi connectivity index (χ4n) is 2.85. The first-order chi connectivity index (χ1) is 9.72. The molecular formula is C15H20N2O3. The fraction of sp³-hybridized carbons (Fsp3) is 0.533. The summed E-state index contributed by atoms with van der Waals surface area (Å²) in [6, 6.07) is 5.54. The maximum absolute atomic E-state index is 12.3. The first-order valence-corrected chi connectivity index (χ1v) is 7.12. The van der Waals surface area contributed by atoms with Crippen LogP contribution in [0.25, 0.3) is 0 Å². The predicted molar refractivity (Wildman–Crippen MR) is 74.5 cm³/mol. The number of hydrogen-bond donors (Lipinski definition) is 2. The molecule has 0 spiro atoms. The molecule has 1 amide bonds. The van der Waals surface area contributed by atoms with Gasteiger partial charge in [0.1, 0.15) is 5.75 Å². The van der Waals surface area contributed by atoms with Crippen LogP contribution in [0.15, 0.2) is 18.2 Å². The van der Waals surface area contributed by atoms with E-state index in [-0.39, 0.29) is 17.7 Å². The Morgan fingerprint density at radius 2 is 2.35 bits per heavy atom. The highest BCUT2D eigenvalue weighted by atomic mass is 16.5. The normalized spacial score (nSPS) is 22.4. The second-order valence-corrected chi connectivity index (χ2v) is 5.45. The van der Waals surface area contributed by atoms with E-state index in [1.54, 1.807) is 12.1 Å². The first-order valence-electron chi connectivity index (χ1n) is 7.12. The van der Waals surface area contributed by atoms with Crippen molar-refractivity contribution in [1.29, 1.82) is 0 Å². The molecule has 2 N–H and O–H groups in total. The van der Waals surface area contributed by atoms with E-state index in [0.717, 1.165) is 31.7 Å². The fourth-order valence-corrected chi connectivity index (χ4v) is 2.85. The average molecular weight is 276 g/mol. The Balaban J connectivity index is 1.62. The van der Waals surface area contributed by atoms with Crippen LogP contribution in [0.2, 0.25) is 0 Å². The van der Waals surface area contributed by atoms with Crippen molar-refractivity contribution in [2.45, 2.75) is 25.4 Å². The third kappa shape index (κ3) is 2.94. The van der Waals surface area contributed by atoms with Crippen LogP contribution in [0, 0.1) is 0 Å². The maximum Gasteiger partial charge on any atom is 0.224 e. The number of carbonyl (C=O) groups excluding carboxylic acids is 1. The van der Waals surface area contributed by atoms with Crippen molar-refractivity contribution in [2.75, 3.05) is 26.3 Å². The molecule has 0 bridgehead atoms.